The van der Waals surface area contributed by atoms with E-state index in [1.54, 1.807) is 0 Å². The van der Waals surface area contributed by atoms with Gasteiger partial charge in [-0.25, -0.2) is 4.98 Å². The lowest BCUT2D eigenvalue weighted by Gasteiger charge is -2.19. The first-order valence-electron chi connectivity index (χ1n) is 8.19. The molecule has 2 aromatic heterocycles. The minimum Gasteiger partial charge on any atom is -0.399 e. The molecule has 1 aromatic carbocycles. The molecule has 0 saturated heterocycles. The third-order valence-corrected chi connectivity index (χ3v) is 4.39. The van der Waals surface area contributed by atoms with Crippen molar-refractivity contribution in [1.82, 2.24) is 14.3 Å². The van der Waals surface area contributed by atoms with Crippen LogP contribution in [0.4, 0.5) is 5.69 Å². The van der Waals surface area contributed by atoms with Crippen LogP contribution in [0.2, 0.25) is 0 Å². The highest BCUT2D eigenvalue weighted by Gasteiger charge is 2.17. The van der Waals surface area contributed by atoms with Gasteiger partial charge in [0.1, 0.15) is 5.65 Å². The number of pyridine rings is 1. The normalized spacial score (nSPS) is 11.5. The van der Waals surface area contributed by atoms with E-state index in [4.69, 9.17) is 10.7 Å². The molecule has 0 atom stereocenters. The van der Waals surface area contributed by atoms with Gasteiger partial charge in [-0.2, -0.15) is 0 Å². The highest BCUT2D eigenvalue weighted by Crippen LogP contribution is 2.27. The number of aromatic nitrogens is 2. The van der Waals surface area contributed by atoms with Gasteiger partial charge in [0.2, 0.25) is 0 Å². The van der Waals surface area contributed by atoms with Crippen molar-refractivity contribution in [1.29, 1.82) is 0 Å². The molecule has 0 saturated carbocycles. The number of benzene rings is 1. The molecule has 0 aliphatic rings. The molecule has 23 heavy (non-hydrogen) atoms. The molecule has 0 unspecified atom stereocenters. The molecule has 4 nitrogen and oxygen atoms in total. The average Bonchev–Trinajstić information content (AvgIpc) is 2.93. The van der Waals surface area contributed by atoms with Crippen molar-refractivity contribution in [2.75, 3.05) is 18.8 Å². The second kappa shape index (κ2) is 6.42. The van der Waals surface area contributed by atoms with Crippen LogP contribution in [0.15, 0.2) is 42.5 Å². The second-order valence-corrected chi connectivity index (χ2v) is 5.85. The summed E-state index contributed by atoms with van der Waals surface area (Å²) >= 11 is 0. The summed E-state index contributed by atoms with van der Waals surface area (Å²) in [6, 6.07) is 14.2. The molecule has 0 fully saturated rings. The number of hydrogen-bond donors (Lipinski definition) is 1. The van der Waals surface area contributed by atoms with Crippen LogP contribution >= 0.6 is 0 Å². The summed E-state index contributed by atoms with van der Waals surface area (Å²) in [5.41, 5.74) is 12.2. The Bertz CT molecular complexity index is 798. The first-order chi connectivity index (χ1) is 11.1. The quantitative estimate of drug-likeness (QED) is 0.731. The van der Waals surface area contributed by atoms with E-state index >= 15 is 0 Å². The van der Waals surface area contributed by atoms with E-state index in [0.717, 1.165) is 42.2 Å². The Morgan fingerprint density at radius 3 is 2.39 bits per heavy atom. The van der Waals surface area contributed by atoms with Gasteiger partial charge in [-0.05, 0) is 44.3 Å². The van der Waals surface area contributed by atoms with E-state index < -0.39 is 0 Å². The zero-order chi connectivity index (χ0) is 16.4. The summed E-state index contributed by atoms with van der Waals surface area (Å²) in [6.07, 6.45) is 0. The van der Waals surface area contributed by atoms with Crippen molar-refractivity contribution in [3.05, 3.63) is 53.9 Å². The molecular weight excluding hydrogens is 284 g/mol. The molecule has 2 N–H and O–H groups in total. The number of nitrogens with zero attached hydrogens (tertiary/aromatic N) is 3. The smallest absolute Gasteiger partial charge is 0.137 e. The number of imidazole rings is 1. The molecular formula is C19H24N4. The minimum absolute atomic E-state index is 0.777. The fourth-order valence-electron chi connectivity index (χ4n) is 3.00. The van der Waals surface area contributed by atoms with Gasteiger partial charge >= 0.3 is 0 Å². The summed E-state index contributed by atoms with van der Waals surface area (Å²) in [6.45, 7) is 9.46. The maximum absolute atomic E-state index is 5.83. The first kappa shape index (κ1) is 15.6. The van der Waals surface area contributed by atoms with Crippen LogP contribution in [0.1, 0.15) is 25.2 Å². The van der Waals surface area contributed by atoms with Gasteiger partial charge in [-0.3, -0.25) is 9.30 Å². The molecule has 0 aliphatic carbocycles. The number of nitrogens with two attached hydrogens (primary N) is 1. The number of rotatable bonds is 5. The van der Waals surface area contributed by atoms with Gasteiger partial charge in [0.25, 0.3) is 0 Å². The van der Waals surface area contributed by atoms with Crippen molar-refractivity contribution >= 4 is 11.3 Å². The van der Waals surface area contributed by atoms with Crippen molar-refractivity contribution < 1.29 is 0 Å². The monoisotopic (exact) mass is 308 g/mol. The fourth-order valence-corrected chi connectivity index (χ4v) is 3.00. The van der Waals surface area contributed by atoms with Crippen molar-refractivity contribution in [3.63, 3.8) is 0 Å². The maximum Gasteiger partial charge on any atom is 0.137 e. The third kappa shape index (κ3) is 2.94. The highest BCUT2D eigenvalue weighted by atomic mass is 15.1. The van der Waals surface area contributed by atoms with E-state index in [2.05, 4.69) is 60.4 Å². The highest BCUT2D eigenvalue weighted by molar-refractivity contribution is 5.68. The van der Waals surface area contributed by atoms with Crippen molar-refractivity contribution in [2.45, 2.75) is 27.3 Å². The average molecular weight is 308 g/mol. The molecule has 0 spiro atoms. The van der Waals surface area contributed by atoms with Gasteiger partial charge in [-0.1, -0.05) is 32.0 Å². The minimum atomic E-state index is 0.777. The lowest BCUT2D eigenvalue weighted by atomic mass is 10.1. The molecule has 3 rings (SSSR count). The van der Waals surface area contributed by atoms with Crippen LogP contribution in [0.3, 0.4) is 0 Å². The summed E-state index contributed by atoms with van der Waals surface area (Å²) in [5, 5.41) is 0. The van der Waals surface area contributed by atoms with Crippen LogP contribution in [-0.4, -0.2) is 27.4 Å². The first-order valence-corrected chi connectivity index (χ1v) is 8.19. The van der Waals surface area contributed by atoms with Crippen LogP contribution in [-0.2, 0) is 6.54 Å². The van der Waals surface area contributed by atoms with Gasteiger partial charge in [-0.15, -0.1) is 0 Å². The van der Waals surface area contributed by atoms with Crippen molar-refractivity contribution in [2.24, 2.45) is 0 Å². The van der Waals surface area contributed by atoms with E-state index in [1.807, 2.05) is 12.1 Å². The zero-order valence-electron chi connectivity index (χ0n) is 14.1. The second-order valence-electron chi connectivity index (χ2n) is 5.85. The van der Waals surface area contributed by atoms with E-state index in [-0.39, 0.29) is 0 Å². The molecule has 0 radical (unpaired) electrons. The van der Waals surface area contributed by atoms with Gasteiger partial charge in [0.15, 0.2) is 0 Å². The Hall–Kier alpha value is -2.33. The van der Waals surface area contributed by atoms with Crippen molar-refractivity contribution in [3.8, 4) is 11.3 Å². The zero-order valence-corrected chi connectivity index (χ0v) is 14.1. The predicted octanol–water partition coefficient (Wildman–Crippen LogP) is 3.73. The van der Waals surface area contributed by atoms with Crippen LogP contribution in [0.5, 0.6) is 0 Å². The van der Waals surface area contributed by atoms with Gasteiger partial charge < -0.3 is 5.73 Å². The summed E-state index contributed by atoms with van der Waals surface area (Å²) in [4.78, 5) is 7.30. The van der Waals surface area contributed by atoms with Gasteiger partial charge in [0.05, 0.1) is 11.4 Å². The number of aryl methyl sites for hydroxylation is 1. The lowest BCUT2D eigenvalue weighted by Crippen LogP contribution is -2.23. The van der Waals surface area contributed by atoms with Gasteiger partial charge in [0, 0.05) is 23.5 Å². The Labute approximate surface area is 137 Å². The third-order valence-electron chi connectivity index (χ3n) is 4.39. The molecule has 0 bridgehead atoms. The molecule has 120 valence electrons. The molecule has 0 aliphatic heterocycles. The van der Waals surface area contributed by atoms with E-state index in [1.165, 1.54) is 11.4 Å². The Morgan fingerprint density at radius 2 is 1.74 bits per heavy atom. The van der Waals surface area contributed by atoms with Crippen LogP contribution < -0.4 is 5.73 Å². The molecule has 3 aromatic rings. The number of nitrogen functional groups attached to an aromatic ring is 1. The van der Waals surface area contributed by atoms with Crippen LogP contribution in [0, 0.1) is 6.92 Å². The van der Waals surface area contributed by atoms with E-state index in [9.17, 15) is 0 Å². The molecule has 2 heterocycles. The Balaban J connectivity index is 2.19. The Kier molecular flexibility index (Phi) is 4.35. The standard InChI is InChI=1S/C19H24N4/c1-4-22(5-2)13-17-19(15-9-11-16(20)12-10-15)21-18-8-6-7-14(3)23(17)18/h6-12H,4-5,13,20H2,1-3H3. The molecule has 0 amide bonds. The predicted molar refractivity (Wildman–Crippen MR) is 96.4 cm³/mol. The van der Waals surface area contributed by atoms with E-state index in [0.29, 0.717) is 0 Å². The topological polar surface area (TPSA) is 46.6 Å². The summed E-state index contributed by atoms with van der Waals surface area (Å²) in [7, 11) is 0. The SMILES string of the molecule is CCN(CC)Cc1c(-c2ccc(N)cc2)nc2cccc(C)n12. The molecule has 4 heteroatoms. The van der Waals surface area contributed by atoms with Crippen LogP contribution in [0.25, 0.3) is 16.9 Å². The maximum atomic E-state index is 5.83. The lowest BCUT2D eigenvalue weighted by molar-refractivity contribution is 0.292. The summed E-state index contributed by atoms with van der Waals surface area (Å²) < 4.78 is 2.27. The Morgan fingerprint density at radius 1 is 1.04 bits per heavy atom. The number of fused-ring (bicyclic) bond motifs is 1. The fraction of sp³-hybridized carbons (Fsp3) is 0.316. The number of hydrogen-bond acceptors (Lipinski definition) is 3. The summed E-state index contributed by atoms with van der Waals surface area (Å²) in [5.74, 6) is 0. The number of anilines is 1. The largest absolute Gasteiger partial charge is 0.399 e.